The number of H-pyrrole nitrogens is 1. The normalized spacial score (nSPS) is 10.8. The number of aromatic nitrogens is 2. The van der Waals surface area contributed by atoms with E-state index in [0.29, 0.717) is 34.6 Å². The zero-order valence-electron chi connectivity index (χ0n) is 12.8. The second-order valence-electron chi connectivity index (χ2n) is 4.93. The van der Waals surface area contributed by atoms with Gasteiger partial charge in [0, 0.05) is 31.2 Å². The lowest BCUT2D eigenvalue weighted by molar-refractivity contribution is 0.156. The molecular weight excluding hydrogens is 404 g/mol. The Bertz CT molecular complexity index is 798. The summed E-state index contributed by atoms with van der Waals surface area (Å²) in [5, 5.41) is 12.4. The Labute approximate surface area is 150 Å². The maximum absolute atomic E-state index is 12.0. The van der Waals surface area contributed by atoms with E-state index in [1.807, 2.05) is 0 Å². The molecule has 10 heteroatoms. The lowest BCUT2D eigenvalue weighted by atomic mass is 10.2. The number of benzene rings is 1. The molecule has 1 amide bonds. The van der Waals surface area contributed by atoms with Crippen molar-refractivity contribution in [1.82, 2.24) is 20.2 Å². The number of nitrogens with one attached hydrogen (secondary N) is 2. The molecule has 0 unspecified atom stereocenters. The van der Waals surface area contributed by atoms with E-state index in [9.17, 15) is 9.59 Å². The highest BCUT2D eigenvalue weighted by molar-refractivity contribution is 9.10. The first kappa shape index (κ1) is 18.5. The average molecular weight is 420 g/mol. The molecule has 1 aromatic heterocycles. The molecule has 0 aliphatic heterocycles. The van der Waals surface area contributed by atoms with E-state index < -0.39 is 6.09 Å². The molecule has 3 N–H and O–H groups in total. The topological polar surface area (TPSA) is 108 Å². The fraction of sp³-hybridized carbons (Fsp3) is 0.357. The van der Waals surface area contributed by atoms with Gasteiger partial charge in [0.1, 0.15) is 12.0 Å². The zero-order chi connectivity index (χ0) is 17.7. The SMILES string of the molecule is CN(CCNCCOc1c(Cl)c(Br)cc2nc[nH]c(=O)c12)C(=O)O. The third kappa shape index (κ3) is 4.37. The van der Waals surface area contributed by atoms with Gasteiger partial charge in [0.25, 0.3) is 5.56 Å². The molecule has 0 radical (unpaired) electrons. The third-order valence-electron chi connectivity index (χ3n) is 3.26. The van der Waals surface area contributed by atoms with E-state index in [2.05, 4.69) is 31.2 Å². The number of carbonyl (C=O) groups is 1. The van der Waals surface area contributed by atoms with Gasteiger partial charge in [-0.1, -0.05) is 11.6 Å². The number of carboxylic acid groups (broad SMARTS) is 1. The van der Waals surface area contributed by atoms with Crippen LogP contribution in [0.1, 0.15) is 0 Å². The summed E-state index contributed by atoms with van der Waals surface area (Å²) in [5.41, 5.74) is 0.140. The van der Waals surface area contributed by atoms with Gasteiger partial charge in [0.2, 0.25) is 0 Å². The van der Waals surface area contributed by atoms with Crippen LogP contribution < -0.4 is 15.6 Å². The molecule has 0 aliphatic rings. The minimum absolute atomic E-state index is 0.260. The highest BCUT2D eigenvalue weighted by Crippen LogP contribution is 2.37. The van der Waals surface area contributed by atoms with Crippen molar-refractivity contribution in [2.75, 3.05) is 33.3 Å². The van der Waals surface area contributed by atoms with Gasteiger partial charge < -0.3 is 25.0 Å². The summed E-state index contributed by atoms with van der Waals surface area (Å²) in [6.07, 6.45) is 0.335. The van der Waals surface area contributed by atoms with Gasteiger partial charge in [0.05, 0.1) is 16.9 Å². The predicted molar refractivity (Wildman–Crippen MR) is 94.1 cm³/mol. The van der Waals surface area contributed by atoms with Crippen molar-refractivity contribution >= 4 is 44.5 Å². The Balaban J connectivity index is 1.99. The van der Waals surface area contributed by atoms with Gasteiger partial charge in [-0.15, -0.1) is 0 Å². The largest absolute Gasteiger partial charge is 0.490 e. The molecule has 0 aliphatic carbocycles. The van der Waals surface area contributed by atoms with E-state index in [0.717, 1.165) is 0 Å². The molecule has 24 heavy (non-hydrogen) atoms. The van der Waals surface area contributed by atoms with Gasteiger partial charge in [-0.05, 0) is 22.0 Å². The fourth-order valence-electron chi connectivity index (χ4n) is 1.97. The van der Waals surface area contributed by atoms with Crippen LogP contribution >= 0.6 is 27.5 Å². The second-order valence-corrected chi connectivity index (χ2v) is 6.16. The Kier molecular flexibility index (Phi) is 6.41. The van der Waals surface area contributed by atoms with Crippen molar-refractivity contribution < 1.29 is 14.6 Å². The van der Waals surface area contributed by atoms with E-state index >= 15 is 0 Å². The predicted octanol–water partition coefficient (Wildman–Crippen LogP) is 1.92. The number of nitrogens with zero attached hydrogens (tertiary/aromatic N) is 2. The van der Waals surface area contributed by atoms with Crippen LogP contribution in [0.5, 0.6) is 5.75 Å². The van der Waals surface area contributed by atoms with Gasteiger partial charge in [-0.25, -0.2) is 9.78 Å². The molecule has 0 bridgehead atoms. The lowest BCUT2D eigenvalue weighted by Crippen LogP contribution is -2.34. The van der Waals surface area contributed by atoms with Crippen LogP contribution in [-0.2, 0) is 0 Å². The smallest absolute Gasteiger partial charge is 0.407 e. The number of aromatic amines is 1. The summed E-state index contributed by atoms with van der Waals surface area (Å²) >= 11 is 9.53. The van der Waals surface area contributed by atoms with Crippen LogP contribution in [-0.4, -0.2) is 59.4 Å². The highest BCUT2D eigenvalue weighted by Gasteiger charge is 2.15. The van der Waals surface area contributed by atoms with Crippen molar-refractivity contribution in [3.8, 4) is 5.75 Å². The first-order valence-electron chi connectivity index (χ1n) is 7.04. The maximum Gasteiger partial charge on any atom is 0.407 e. The number of ether oxygens (including phenoxy) is 1. The molecule has 1 heterocycles. The van der Waals surface area contributed by atoms with Crippen LogP contribution in [0.25, 0.3) is 10.9 Å². The summed E-state index contributed by atoms with van der Waals surface area (Å²) in [6.45, 7) is 1.58. The minimum Gasteiger partial charge on any atom is -0.490 e. The summed E-state index contributed by atoms with van der Waals surface area (Å²) < 4.78 is 6.24. The summed E-state index contributed by atoms with van der Waals surface area (Å²) in [7, 11) is 1.49. The average Bonchev–Trinajstić information content (AvgIpc) is 2.53. The number of rotatable bonds is 7. The summed E-state index contributed by atoms with van der Waals surface area (Å²) in [4.78, 5) is 30.4. The molecule has 0 fully saturated rings. The number of amides is 1. The summed E-state index contributed by atoms with van der Waals surface area (Å²) in [5.74, 6) is 0.264. The van der Waals surface area contributed by atoms with Gasteiger partial charge in [-0.3, -0.25) is 4.79 Å². The van der Waals surface area contributed by atoms with Crippen LogP contribution in [0.3, 0.4) is 0 Å². The quantitative estimate of drug-likeness (QED) is 0.592. The molecule has 2 rings (SSSR count). The Morgan fingerprint density at radius 1 is 1.54 bits per heavy atom. The monoisotopic (exact) mass is 418 g/mol. The molecule has 130 valence electrons. The molecule has 2 aromatic rings. The van der Waals surface area contributed by atoms with Gasteiger partial charge in [-0.2, -0.15) is 0 Å². The van der Waals surface area contributed by atoms with E-state index in [4.69, 9.17) is 21.4 Å². The number of hydrogen-bond donors (Lipinski definition) is 3. The van der Waals surface area contributed by atoms with E-state index in [1.54, 1.807) is 6.07 Å². The van der Waals surface area contributed by atoms with Crippen molar-refractivity contribution in [3.63, 3.8) is 0 Å². The van der Waals surface area contributed by atoms with Crippen LogP contribution in [0.4, 0.5) is 4.79 Å². The van der Waals surface area contributed by atoms with Crippen molar-refractivity contribution in [2.24, 2.45) is 0 Å². The maximum atomic E-state index is 12.0. The van der Waals surface area contributed by atoms with Gasteiger partial charge in [0.15, 0.2) is 5.75 Å². The van der Waals surface area contributed by atoms with E-state index in [-0.39, 0.29) is 23.3 Å². The fourth-order valence-corrected chi connectivity index (χ4v) is 2.57. The Morgan fingerprint density at radius 2 is 2.29 bits per heavy atom. The molecule has 0 spiro atoms. The second kappa shape index (κ2) is 8.32. The van der Waals surface area contributed by atoms with Crippen LogP contribution in [0.15, 0.2) is 21.7 Å². The Hall–Kier alpha value is -1.84. The number of likely N-dealkylation sites (N-methyl/N-ethyl adjacent to an activating group) is 1. The number of hydrogen-bond acceptors (Lipinski definition) is 5. The zero-order valence-corrected chi connectivity index (χ0v) is 15.1. The molecule has 0 saturated carbocycles. The molecule has 0 saturated heterocycles. The highest BCUT2D eigenvalue weighted by atomic mass is 79.9. The standard InChI is InChI=1S/C14H16BrClN4O4/c1-20(14(22)23)4-2-17-3-5-24-12-10-9(6-8(15)11(12)16)18-7-19-13(10)21/h6-7,17H,2-5H2,1H3,(H,22,23)(H,18,19,21). The molecule has 8 nitrogen and oxygen atoms in total. The molecule has 0 atom stereocenters. The molecule has 1 aromatic carbocycles. The number of halogens is 2. The molecular formula is C14H16BrClN4O4. The Morgan fingerprint density at radius 3 is 3.00 bits per heavy atom. The van der Waals surface area contributed by atoms with Gasteiger partial charge >= 0.3 is 6.09 Å². The first-order chi connectivity index (χ1) is 11.4. The summed E-state index contributed by atoms with van der Waals surface area (Å²) in [6, 6.07) is 1.65. The van der Waals surface area contributed by atoms with Crippen LogP contribution in [0, 0.1) is 0 Å². The van der Waals surface area contributed by atoms with Crippen molar-refractivity contribution in [1.29, 1.82) is 0 Å². The minimum atomic E-state index is -0.979. The first-order valence-corrected chi connectivity index (χ1v) is 8.22. The van der Waals surface area contributed by atoms with Crippen molar-refractivity contribution in [2.45, 2.75) is 0 Å². The van der Waals surface area contributed by atoms with Crippen molar-refractivity contribution in [3.05, 3.63) is 32.2 Å². The van der Waals surface area contributed by atoms with Crippen LogP contribution in [0.2, 0.25) is 5.02 Å². The number of fused-ring (bicyclic) bond motifs is 1. The third-order valence-corrected chi connectivity index (χ3v) is 4.49. The van der Waals surface area contributed by atoms with E-state index in [1.165, 1.54) is 18.3 Å². The lowest BCUT2D eigenvalue weighted by Gasteiger charge is -2.14.